The number of nitrogens with one attached hydrogen (secondary N) is 1. The van der Waals surface area contributed by atoms with E-state index >= 15 is 0 Å². The van der Waals surface area contributed by atoms with Gasteiger partial charge in [0.05, 0.1) is 19.6 Å². The van der Waals surface area contributed by atoms with Crippen molar-refractivity contribution in [2.24, 2.45) is 5.92 Å². The van der Waals surface area contributed by atoms with E-state index in [1.165, 1.54) is 83.8 Å². The first-order valence-electron chi connectivity index (χ1n) is 9.43. The van der Waals surface area contributed by atoms with Gasteiger partial charge in [0.15, 0.2) is 10.1 Å². The zero-order valence-electron chi connectivity index (χ0n) is 15.5. The number of halogens is 3. The van der Waals surface area contributed by atoms with Crippen LogP contribution in [0.5, 0.6) is 0 Å². The summed E-state index contributed by atoms with van der Waals surface area (Å²) >= 11 is 0. The van der Waals surface area contributed by atoms with E-state index in [9.17, 15) is 13.2 Å². The fourth-order valence-electron chi connectivity index (χ4n) is 2.93. The van der Waals surface area contributed by atoms with Crippen molar-refractivity contribution in [3.05, 3.63) is 0 Å². The highest BCUT2D eigenvalue weighted by Gasteiger charge is 2.36. The molecule has 25 heavy (non-hydrogen) atoms. The molecule has 8 heteroatoms. The Hall–Kier alpha value is -0.340. The van der Waals surface area contributed by atoms with Gasteiger partial charge in [0, 0.05) is 0 Å². The van der Waals surface area contributed by atoms with E-state index in [1.807, 2.05) is 4.90 Å². The predicted molar refractivity (Wildman–Crippen MR) is 92.3 cm³/mol. The molecule has 0 atom stereocenters. The molecule has 0 aliphatic carbocycles. The van der Waals surface area contributed by atoms with Crippen LogP contribution in [0.15, 0.2) is 0 Å². The van der Waals surface area contributed by atoms with Crippen LogP contribution in [0.4, 0.5) is 13.2 Å². The zero-order valence-corrected chi connectivity index (χ0v) is 16.4. The van der Waals surface area contributed by atoms with Crippen molar-refractivity contribution < 1.29 is 31.0 Å². The lowest BCUT2D eigenvalue weighted by atomic mass is 9.99. The van der Waals surface area contributed by atoms with Gasteiger partial charge in [-0.05, 0) is 31.6 Å². The van der Waals surface area contributed by atoms with Crippen LogP contribution in [-0.4, -0.2) is 38.1 Å². The van der Waals surface area contributed by atoms with E-state index in [2.05, 4.69) is 13.8 Å². The molecule has 0 spiro atoms. The highest BCUT2D eigenvalue weighted by atomic mass is 32.2. The summed E-state index contributed by atoms with van der Waals surface area (Å²) in [4.78, 5) is 1.88. The molecular weight excluding hydrogens is 355 g/mol. The third-order valence-electron chi connectivity index (χ3n) is 4.65. The van der Waals surface area contributed by atoms with Crippen LogP contribution in [-0.2, 0) is 10.1 Å². The van der Waals surface area contributed by atoms with E-state index in [1.54, 1.807) is 0 Å². The fourth-order valence-corrected chi connectivity index (χ4v) is 2.93. The molecule has 0 radical (unpaired) electrons. The van der Waals surface area contributed by atoms with Gasteiger partial charge >= 0.3 is 5.51 Å². The molecule has 1 fully saturated rings. The Morgan fingerprint density at radius 2 is 1.36 bits per heavy atom. The molecular formula is C17H34F3NO3S. The number of hydrogen-bond acceptors (Lipinski definition) is 3. The number of likely N-dealkylation sites (tertiary alicyclic amines) is 1. The highest BCUT2D eigenvalue weighted by molar-refractivity contribution is 7.86. The Bertz CT molecular complexity index is 419. The van der Waals surface area contributed by atoms with Crippen molar-refractivity contribution in [1.82, 2.24) is 0 Å². The summed E-state index contributed by atoms with van der Waals surface area (Å²) in [6.07, 6.45) is 14.6. The van der Waals surface area contributed by atoms with Crippen LogP contribution in [0, 0.1) is 5.92 Å². The van der Waals surface area contributed by atoms with Gasteiger partial charge in [-0.3, -0.25) is 0 Å². The van der Waals surface area contributed by atoms with Gasteiger partial charge in [0.1, 0.15) is 0 Å². The van der Waals surface area contributed by atoms with E-state index < -0.39 is 15.6 Å². The molecule has 4 nitrogen and oxygen atoms in total. The first-order chi connectivity index (χ1) is 11.6. The summed E-state index contributed by atoms with van der Waals surface area (Å²) in [6, 6.07) is 0. The lowest BCUT2D eigenvalue weighted by Crippen LogP contribution is -3.13. The molecule has 0 amide bonds. The van der Waals surface area contributed by atoms with E-state index in [0.717, 1.165) is 5.92 Å². The molecule has 1 aliphatic rings. The van der Waals surface area contributed by atoms with Crippen LogP contribution in [0.3, 0.4) is 0 Å². The third-order valence-corrected chi connectivity index (χ3v) is 5.22. The Labute approximate surface area is 150 Å². The Morgan fingerprint density at radius 3 is 1.76 bits per heavy atom. The van der Waals surface area contributed by atoms with Crippen LogP contribution in [0.25, 0.3) is 0 Å². The fraction of sp³-hybridized carbons (Fsp3) is 1.00. The van der Waals surface area contributed by atoms with Gasteiger partial charge in [-0.2, -0.15) is 13.2 Å². The normalized spacial score (nSPS) is 21.5. The van der Waals surface area contributed by atoms with Crippen LogP contribution in [0.1, 0.15) is 78.1 Å². The lowest BCUT2D eigenvalue weighted by Gasteiger charge is -2.27. The van der Waals surface area contributed by atoms with Crippen molar-refractivity contribution in [2.75, 3.05) is 19.6 Å². The second kappa shape index (κ2) is 12.9. The molecule has 1 saturated heterocycles. The molecule has 0 unspecified atom stereocenters. The van der Waals surface area contributed by atoms with Crippen molar-refractivity contribution in [2.45, 2.75) is 83.6 Å². The SMILES string of the molecule is CCCCCCCCCC[NH+]1CCC(C)CC1.O=S(=O)([O-])C(F)(F)F. The Balaban J connectivity index is 0.000000609. The average Bonchev–Trinajstić information content (AvgIpc) is 2.50. The molecule has 152 valence electrons. The summed E-state index contributed by atoms with van der Waals surface area (Å²) in [5, 5.41) is 0. The van der Waals surface area contributed by atoms with Gasteiger partial charge in [0.2, 0.25) is 0 Å². The summed E-state index contributed by atoms with van der Waals surface area (Å²) < 4.78 is 58.9. The molecule has 0 aromatic heterocycles. The van der Waals surface area contributed by atoms with Gasteiger partial charge in [-0.25, -0.2) is 8.42 Å². The first kappa shape index (κ1) is 24.7. The molecule has 1 heterocycles. The zero-order chi connectivity index (χ0) is 19.3. The van der Waals surface area contributed by atoms with Crippen LogP contribution >= 0.6 is 0 Å². The van der Waals surface area contributed by atoms with Crippen molar-refractivity contribution >= 4 is 10.1 Å². The second-order valence-corrected chi connectivity index (χ2v) is 8.43. The van der Waals surface area contributed by atoms with Crippen LogP contribution in [0.2, 0.25) is 0 Å². The largest absolute Gasteiger partial charge is 0.741 e. The number of quaternary nitrogens is 1. The minimum Gasteiger partial charge on any atom is -0.741 e. The molecule has 1 aliphatic heterocycles. The van der Waals surface area contributed by atoms with Crippen molar-refractivity contribution in [3.63, 3.8) is 0 Å². The molecule has 0 saturated carbocycles. The maximum atomic E-state index is 10.7. The number of alkyl halides is 3. The average molecular weight is 390 g/mol. The van der Waals surface area contributed by atoms with Gasteiger partial charge < -0.3 is 9.45 Å². The van der Waals surface area contributed by atoms with Gasteiger partial charge in [0.25, 0.3) is 0 Å². The molecule has 0 aromatic rings. The summed E-state index contributed by atoms with van der Waals surface area (Å²) in [7, 11) is -6.09. The summed E-state index contributed by atoms with van der Waals surface area (Å²) in [5.74, 6) is 0.998. The topological polar surface area (TPSA) is 61.6 Å². The molecule has 0 bridgehead atoms. The van der Waals surface area contributed by atoms with E-state index in [4.69, 9.17) is 13.0 Å². The van der Waals surface area contributed by atoms with Crippen molar-refractivity contribution in [1.29, 1.82) is 0 Å². The highest BCUT2D eigenvalue weighted by Crippen LogP contribution is 2.20. The Kier molecular flexibility index (Phi) is 12.7. The van der Waals surface area contributed by atoms with Crippen LogP contribution < -0.4 is 4.90 Å². The smallest absolute Gasteiger partial charge is 0.485 e. The predicted octanol–water partition coefficient (Wildman–Crippen LogP) is 3.49. The quantitative estimate of drug-likeness (QED) is 0.373. The monoisotopic (exact) mass is 389 g/mol. The number of unbranched alkanes of at least 4 members (excludes halogenated alkanes) is 7. The number of hydrogen-bond donors (Lipinski definition) is 1. The van der Waals surface area contributed by atoms with Crippen molar-refractivity contribution in [3.8, 4) is 0 Å². The molecule has 1 N–H and O–H groups in total. The maximum absolute atomic E-state index is 10.7. The number of piperidine rings is 1. The minimum absolute atomic E-state index is 0.998. The summed E-state index contributed by atoms with van der Waals surface area (Å²) in [6.45, 7) is 9.03. The first-order valence-corrected chi connectivity index (χ1v) is 10.8. The van der Waals surface area contributed by atoms with Gasteiger partial charge in [-0.15, -0.1) is 0 Å². The third kappa shape index (κ3) is 13.5. The van der Waals surface area contributed by atoms with E-state index in [0.29, 0.717) is 0 Å². The van der Waals surface area contributed by atoms with Gasteiger partial charge in [-0.1, -0.05) is 52.4 Å². The maximum Gasteiger partial charge on any atom is 0.485 e. The second-order valence-electron chi connectivity index (χ2n) is 7.06. The molecule has 1 rings (SSSR count). The lowest BCUT2D eigenvalue weighted by molar-refractivity contribution is -0.906. The number of rotatable bonds is 9. The Morgan fingerprint density at radius 1 is 0.960 bits per heavy atom. The molecule has 0 aromatic carbocycles. The minimum atomic E-state index is -6.09. The summed E-state index contributed by atoms with van der Waals surface area (Å²) in [5.41, 5.74) is -5.65. The van der Waals surface area contributed by atoms with E-state index in [-0.39, 0.29) is 0 Å². The standard InChI is InChI=1S/C16H33N.CHF3O3S/c1-3-4-5-6-7-8-9-10-13-17-14-11-16(2)12-15-17;2-1(3,4)8(5,6)7/h16H,3-15H2,1-2H3;(H,5,6,7).